The fourth-order valence-electron chi connectivity index (χ4n) is 3.01. The molecule has 0 spiro atoms. The second-order valence-electron chi connectivity index (χ2n) is 6.67. The highest BCUT2D eigenvalue weighted by atomic mass is 16.3. The molecule has 6 nitrogen and oxygen atoms in total. The number of fused-ring (bicyclic) bond motifs is 1. The van der Waals surface area contributed by atoms with Crippen molar-refractivity contribution >= 4 is 16.9 Å². The van der Waals surface area contributed by atoms with Crippen molar-refractivity contribution in [2.45, 2.75) is 47.1 Å². The van der Waals surface area contributed by atoms with Crippen molar-refractivity contribution in [3.05, 3.63) is 46.7 Å². The minimum absolute atomic E-state index is 0.0257. The van der Waals surface area contributed by atoms with E-state index in [9.17, 15) is 4.79 Å². The Morgan fingerprint density at radius 3 is 2.64 bits per heavy atom. The fourth-order valence-corrected chi connectivity index (χ4v) is 3.01. The molecule has 132 valence electrons. The van der Waals surface area contributed by atoms with Crippen LogP contribution in [-0.2, 0) is 11.2 Å². The van der Waals surface area contributed by atoms with Crippen LogP contribution in [0.25, 0.3) is 11.0 Å². The number of carbonyl (C=O) groups excluding carboxylic acids is 1. The molecule has 1 unspecified atom stereocenters. The van der Waals surface area contributed by atoms with Gasteiger partial charge in [0.25, 0.3) is 0 Å². The minimum Gasteiger partial charge on any atom is -0.464 e. The minimum atomic E-state index is -0.0257. The maximum Gasteiger partial charge on any atom is 0.224 e. The molecular formula is C19H24N4O2. The van der Waals surface area contributed by atoms with E-state index in [1.807, 2.05) is 31.5 Å². The third-order valence-electron chi connectivity index (χ3n) is 4.54. The van der Waals surface area contributed by atoms with E-state index in [0.717, 1.165) is 28.2 Å². The number of nitrogens with one attached hydrogen (secondary N) is 1. The summed E-state index contributed by atoms with van der Waals surface area (Å²) in [6.45, 7) is 10.4. The number of furan rings is 1. The van der Waals surface area contributed by atoms with Crippen molar-refractivity contribution in [3.8, 4) is 0 Å². The largest absolute Gasteiger partial charge is 0.464 e. The molecule has 25 heavy (non-hydrogen) atoms. The zero-order chi connectivity index (χ0) is 18.1. The van der Waals surface area contributed by atoms with Gasteiger partial charge < -0.3 is 9.73 Å². The number of aryl methyl sites for hydroxylation is 4. The molecule has 6 heteroatoms. The summed E-state index contributed by atoms with van der Waals surface area (Å²) in [4.78, 5) is 16.6. The third kappa shape index (κ3) is 3.57. The molecule has 0 bridgehead atoms. The van der Waals surface area contributed by atoms with Crippen LogP contribution >= 0.6 is 0 Å². The summed E-state index contributed by atoms with van der Waals surface area (Å²) < 4.78 is 7.44. The molecule has 1 aromatic carbocycles. The predicted octanol–water partition coefficient (Wildman–Crippen LogP) is 3.18. The Hall–Kier alpha value is -2.63. The second-order valence-corrected chi connectivity index (χ2v) is 6.67. The van der Waals surface area contributed by atoms with Crippen molar-refractivity contribution in [2.75, 3.05) is 6.54 Å². The van der Waals surface area contributed by atoms with Crippen molar-refractivity contribution in [3.63, 3.8) is 0 Å². The van der Waals surface area contributed by atoms with Gasteiger partial charge in [0.15, 0.2) is 0 Å². The average molecular weight is 340 g/mol. The summed E-state index contributed by atoms with van der Waals surface area (Å²) in [6.07, 6.45) is 1.98. The summed E-state index contributed by atoms with van der Waals surface area (Å²) in [5.41, 5.74) is 4.12. The van der Waals surface area contributed by atoms with Crippen LogP contribution in [0.1, 0.15) is 41.3 Å². The number of aromatic nitrogens is 3. The van der Waals surface area contributed by atoms with E-state index in [4.69, 9.17) is 4.42 Å². The number of benzene rings is 1. The lowest BCUT2D eigenvalue weighted by Gasteiger charge is -2.14. The molecule has 1 N–H and O–H groups in total. The number of amides is 1. The van der Waals surface area contributed by atoms with Crippen molar-refractivity contribution < 1.29 is 9.21 Å². The maximum absolute atomic E-state index is 12.3. The molecule has 2 heterocycles. The molecule has 0 aliphatic heterocycles. The van der Waals surface area contributed by atoms with Crippen LogP contribution in [-0.4, -0.2) is 27.2 Å². The molecule has 3 rings (SSSR count). The molecule has 0 saturated heterocycles. The van der Waals surface area contributed by atoms with E-state index >= 15 is 0 Å². The molecule has 2 aromatic heterocycles. The van der Waals surface area contributed by atoms with Crippen molar-refractivity contribution in [1.82, 2.24) is 20.1 Å². The Balaban J connectivity index is 1.65. The van der Waals surface area contributed by atoms with Crippen LogP contribution in [0.3, 0.4) is 0 Å². The molecule has 0 fully saturated rings. The second kappa shape index (κ2) is 6.70. The first kappa shape index (κ1) is 17.2. The van der Waals surface area contributed by atoms with Gasteiger partial charge in [-0.2, -0.15) is 5.10 Å². The number of hydrogen-bond acceptors (Lipinski definition) is 4. The van der Waals surface area contributed by atoms with Gasteiger partial charge in [0.2, 0.25) is 5.91 Å². The van der Waals surface area contributed by atoms with Crippen molar-refractivity contribution in [1.29, 1.82) is 0 Å². The summed E-state index contributed by atoms with van der Waals surface area (Å²) in [5, 5.41) is 8.35. The van der Waals surface area contributed by atoms with E-state index in [-0.39, 0.29) is 11.9 Å². The standard InChI is InChI=1S/C19H24N4O2/c1-11-6-17-16(10-25-18(17)7-12(11)2)8-19(24)20-9-13(3)23-15(5)21-14(4)22-23/h6-7,10,13H,8-9H2,1-5H3,(H,20,24). The lowest BCUT2D eigenvalue weighted by atomic mass is 10.0. The van der Waals surface area contributed by atoms with Crippen LogP contribution in [0.15, 0.2) is 22.8 Å². The fraction of sp³-hybridized carbons (Fsp3) is 0.421. The Morgan fingerprint density at radius 2 is 1.96 bits per heavy atom. The van der Waals surface area contributed by atoms with Gasteiger partial charge in [-0.05, 0) is 57.9 Å². The number of rotatable bonds is 5. The monoisotopic (exact) mass is 340 g/mol. The summed E-state index contributed by atoms with van der Waals surface area (Å²) in [7, 11) is 0. The van der Waals surface area contributed by atoms with Gasteiger partial charge in [-0.15, -0.1) is 0 Å². The van der Waals surface area contributed by atoms with Crippen molar-refractivity contribution in [2.24, 2.45) is 0 Å². The summed E-state index contributed by atoms with van der Waals surface area (Å²) in [6, 6.07) is 4.15. The zero-order valence-corrected chi connectivity index (χ0v) is 15.4. The molecular weight excluding hydrogens is 316 g/mol. The van der Waals surface area contributed by atoms with E-state index in [1.165, 1.54) is 11.1 Å². The van der Waals surface area contributed by atoms with Gasteiger partial charge in [-0.1, -0.05) is 0 Å². The topological polar surface area (TPSA) is 73.0 Å². The van der Waals surface area contributed by atoms with E-state index < -0.39 is 0 Å². The van der Waals surface area contributed by atoms with Gasteiger partial charge in [-0.3, -0.25) is 4.79 Å². The predicted molar refractivity (Wildman–Crippen MR) is 96.6 cm³/mol. The Morgan fingerprint density at radius 1 is 1.24 bits per heavy atom. The van der Waals surface area contributed by atoms with E-state index in [0.29, 0.717) is 13.0 Å². The molecule has 0 aliphatic carbocycles. The van der Waals surface area contributed by atoms with E-state index in [1.54, 1.807) is 6.26 Å². The summed E-state index contributed by atoms with van der Waals surface area (Å²) >= 11 is 0. The molecule has 1 amide bonds. The molecule has 1 atom stereocenters. The number of hydrogen-bond donors (Lipinski definition) is 1. The van der Waals surface area contributed by atoms with Gasteiger partial charge >= 0.3 is 0 Å². The smallest absolute Gasteiger partial charge is 0.224 e. The zero-order valence-electron chi connectivity index (χ0n) is 15.4. The third-order valence-corrected chi connectivity index (χ3v) is 4.54. The normalized spacial score (nSPS) is 12.5. The van der Waals surface area contributed by atoms with Gasteiger partial charge in [0, 0.05) is 17.5 Å². The van der Waals surface area contributed by atoms with Crippen LogP contribution in [0, 0.1) is 27.7 Å². The quantitative estimate of drug-likeness (QED) is 0.774. The Kier molecular flexibility index (Phi) is 4.61. The molecule has 0 radical (unpaired) electrons. The number of carbonyl (C=O) groups is 1. The first-order valence-corrected chi connectivity index (χ1v) is 8.49. The van der Waals surface area contributed by atoms with Crippen LogP contribution in [0.5, 0.6) is 0 Å². The molecule has 0 saturated carbocycles. The number of nitrogens with zero attached hydrogens (tertiary/aromatic N) is 3. The first-order chi connectivity index (χ1) is 11.8. The van der Waals surface area contributed by atoms with Crippen LogP contribution in [0.2, 0.25) is 0 Å². The van der Waals surface area contributed by atoms with Gasteiger partial charge in [0.1, 0.15) is 17.2 Å². The lowest BCUT2D eigenvalue weighted by molar-refractivity contribution is -0.120. The Labute approximate surface area is 147 Å². The highest BCUT2D eigenvalue weighted by Crippen LogP contribution is 2.25. The highest BCUT2D eigenvalue weighted by Gasteiger charge is 2.14. The van der Waals surface area contributed by atoms with Crippen LogP contribution in [0.4, 0.5) is 0 Å². The lowest BCUT2D eigenvalue weighted by Crippen LogP contribution is -2.31. The summed E-state index contributed by atoms with van der Waals surface area (Å²) in [5.74, 6) is 1.57. The van der Waals surface area contributed by atoms with E-state index in [2.05, 4.69) is 35.3 Å². The van der Waals surface area contributed by atoms with Gasteiger partial charge in [0.05, 0.1) is 18.7 Å². The molecule has 3 aromatic rings. The first-order valence-electron chi connectivity index (χ1n) is 8.49. The highest BCUT2D eigenvalue weighted by molar-refractivity contribution is 5.88. The average Bonchev–Trinajstić information content (AvgIpc) is 3.09. The maximum atomic E-state index is 12.3. The Bertz CT molecular complexity index is 923. The van der Waals surface area contributed by atoms with Crippen LogP contribution < -0.4 is 5.32 Å². The molecule has 0 aliphatic rings. The van der Waals surface area contributed by atoms with Gasteiger partial charge in [-0.25, -0.2) is 9.67 Å². The SMILES string of the molecule is Cc1nc(C)n(C(C)CNC(=O)Cc2coc3cc(C)c(C)cc23)n1.